The molecule has 1 aromatic heterocycles. The van der Waals surface area contributed by atoms with E-state index in [-0.39, 0.29) is 11.8 Å². The zero-order valence-corrected chi connectivity index (χ0v) is 19.2. The van der Waals surface area contributed by atoms with Crippen molar-refractivity contribution < 1.29 is 9.59 Å². The van der Waals surface area contributed by atoms with E-state index in [2.05, 4.69) is 50.5 Å². The number of anilines is 1. The fourth-order valence-corrected chi connectivity index (χ4v) is 4.63. The first kappa shape index (κ1) is 22.5. The molecule has 3 heterocycles. The van der Waals surface area contributed by atoms with Gasteiger partial charge >= 0.3 is 0 Å². The molecule has 2 aromatic rings. The van der Waals surface area contributed by atoms with E-state index in [9.17, 15) is 9.59 Å². The number of nitrogens with zero attached hydrogens (tertiary/aromatic N) is 5. The van der Waals surface area contributed by atoms with E-state index in [0.29, 0.717) is 25.9 Å². The third-order valence-electron chi connectivity index (χ3n) is 6.38. The van der Waals surface area contributed by atoms with Crippen molar-refractivity contribution >= 4 is 17.6 Å². The SMILES string of the molecule is CCC(C(=O)NCCN1CCN(Cc2ccccc2)CC1)N1C(=O)CCn2nc(C)cc21. The highest BCUT2D eigenvalue weighted by atomic mass is 16.2. The molecule has 2 aliphatic rings. The van der Waals surface area contributed by atoms with Crippen molar-refractivity contribution in [1.82, 2.24) is 24.9 Å². The number of amides is 2. The number of piperazine rings is 1. The van der Waals surface area contributed by atoms with E-state index < -0.39 is 6.04 Å². The lowest BCUT2D eigenvalue weighted by Gasteiger charge is -2.35. The van der Waals surface area contributed by atoms with Gasteiger partial charge in [-0.25, -0.2) is 4.68 Å². The highest BCUT2D eigenvalue weighted by Gasteiger charge is 2.34. The summed E-state index contributed by atoms with van der Waals surface area (Å²) >= 11 is 0. The van der Waals surface area contributed by atoms with Gasteiger partial charge in [-0.3, -0.25) is 24.3 Å². The highest BCUT2D eigenvalue weighted by molar-refractivity contribution is 6.00. The van der Waals surface area contributed by atoms with E-state index in [0.717, 1.165) is 50.8 Å². The summed E-state index contributed by atoms with van der Waals surface area (Å²) in [7, 11) is 0. The molecule has 2 amide bonds. The number of benzene rings is 1. The van der Waals surface area contributed by atoms with Gasteiger partial charge in [0.2, 0.25) is 11.8 Å². The van der Waals surface area contributed by atoms with Gasteiger partial charge in [-0.05, 0) is 18.9 Å². The first-order valence-corrected chi connectivity index (χ1v) is 11.7. The summed E-state index contributed by atoms with van der Waals surface area (Å²) in [4.78, 5) is 32.1. The molecule has 0 saturated carbocycles. The maximum absolute atomic E-state index is 13.0. The Balaban J connectivity index is 1.24. The lowest BCUT2D eigenvalue weighted by molar-refractivity contribution is -0.127. The van der Waals surface area contributed by atoms with Crippen LogP contribution in [0, 0.1) is 6.92 Å². The molecule has 8 heteroatoms. The first-order chi connectivity index (χ1) is 15.5. The van der Waals surface area contributed by atoms with Gasteiger partial charge in [-0.2, -0.15) is 5.10 Å². The molecule has 172 valence electrons. The van der Waals surface area contributed by atoms with Crippen LogP contribution < -0.4 is 10.2 Å². The van der Waals surface area contributed by atoms with Crippen LogP contribution in [0.15, 0.2) is 36.4 Å². The van der Waals surface area contributed by atoms with Crippen molar-refractivity contribution in [3.63, 3.8) is 0 Å². The van der Waals surface area contributed by atoms with Crippen LogP contribution in [0.3, 0.4) is 0 Å². The fourth-order valence-electron chi connectivity index (χ4n) is 4.63. The number of rotatable bonds is 8. The molecule has 0 bridgehead atoms. The number of carbonyl (C=O) groups excluding carboxylic acids is 2. The van der Waals surface area contributed by atoms with Gasteiger partial charge < -0.3 is 5.32 Å². The molecule has 4 rings (SSSR count). The van der Waals surface area contributed by atoms with E-state index in [1.54, 1.807) is 4.90 Å². The van der Waals surface area contributed by atoms with Crippen LogP contribution in [0.2, 0.25) is 0 Å². The van der Waals surface area contributed by atoms with Crippen molar-refractivity contribution in [3.05, 3.63) is 47.7 Å². The second-order valence-electron chi connectivity index (χ2n) is 8.70. The van der Waals surface area contributed by atoms with Crippen LogP contribution in [-0.4, -0.2) is 76.7 Å². The Kier molecular flexibility index (Phi) is 7.22. The van der Waals surface area contributed by atoms with Crippen LogP contribution in [-0.2, 0) is 22.7 Å². The van der Waals surface area contributed by atoms with Crippen molar-refractivity contribution in [3.8, 4) is 0 Å². The van der Waals surface area contributed by atoms with Gasteiger partial charge in [0.15, 0.2) is 0 Å². The molecule has 32 heavy (non-hydrogen) atoms. The van der Waals surface area contributed by atoms with E-state index in [1.807, 2.05) is 24.6 Å². The van der Waals surface area contributed by atoms with E-state index in [4.69, 9.17) is 0 Å². The molecule has 2 aliphatic heterocycles. The molecule has 8 nitrogen and oxygen atoms in total. The van der Waals surface area contributed by atoms with Crippen molar-refractivity contribution in [2.24, 2.45) is 0 Å². The molecule has 1 atom stereocenters. The predicted octanol–water partition coefficient (Wildman–Crippen LogP) is 1.64. The smallest absolute Gasteiger partial charge is 0.243 e. The van der Waals surface area contributed by atoms with Gasteiger partial charge in [0.25, 0.3) is 0 Å². The van der Waals surface area contributed by atoms with E-state index >= 15 is 0 Å². The first-order valence-electron chi connectivity index (χ1n) is 11.7. The quantitative estimate of drug-likeness (QED) is 0.678. The van der Waals surface area contributed by atoms with Gasteiger partial charge in [-0.1, -0.05) is 37.3 Å². The topological polar surface area (TPSA) is 73.7 Å². The molecular weight excluding hydrogens is 404 g/mol. The summed E-state index contributed by atoms with van der Waals surface area (Å²) in [5.41, 5.74) is 2.21. The standard InChI is InChI=1S/C24H34N6O2/c1-3-21(30-22-17-19(2)26-29(22)11-9-23(30)31)24(32)25-10-12-27-13-15-28(16-14-27)18-20-7-5-4-6-8-20/h4-8,17,21H,3,9-16,18H2,1-2H3,(H,25,32). The number of nitrogens with one attached hydrogen (secondary N) is 1. The highest BCUT2D eigenvalue weighted by Crippen LogP contribution is 2.26. The Labute approximate surface area is 190 Å². The summed E-state index contributed by atoms with van der Waals surface area (Å²) in [6.07, 6.45) is 0.950. The second kappa shape index (κ2) is 10.3. The molecule has 0 radical (unpaired) electrons. The average Bonchev–Trinajstić information content (AvgIpc) is 3.18. The summed E-state index contributed by atoms with van der Waals surface area (Å²) in [6.45, 7) is 10.9. The summed E-state index contributed by atoms with van der Waals surface area (Å²) in [6, 6.07) is 12.0. The van der Waals surface area contributed by atoms with Gasteiger partial charge in [0.05, 0.1) is 12.2 Å². The largest absolute Gasteiger partial charge is 0.353 e. The zero-order valence-electron chi connectivity index (χ0n) is 19.2. The monoisotopic (exact) mass is 438 g/mol. The number of hydrogen-bond donors (Lipinski definition) is 1. The molecule has 1 unspecified atom stereocenters. The van der Waals surface area contributed by atoms with Crippen LogP contribution in [0.1, 0.15) is 31.0 Å². The van der Waals surface area contributed by atoms with Crippen molar-refractivity contribution in [2.45, 2.75) is 45.8 Å². The lowest BCUT2D eigenvalue weighted by atomic mass is 10.1. The van der Waals surface area contributed by atoms with Crippen LogP contribution in [0.25, 0.3) is 0 Å². The van der Waals surface area contributed by atoms with Gasteiger partial charge in [0, 0.05) is 58.3 Å². The van der Waals surface area contributed by atoms with E-state index in [1.165, 1.54) is 5.56 Å². The Hall–Kier alpha value is -2.71. The van der Waals surface area contributed by atoms with Crippen LogP contribution in [0.4, 0.5) is 5.82 Å². The molecule has 0 aliphatic carbocycles. The number of hydrogen-bond acceptors (Lipinski definition) is 5. The maximum atomic E-state index is 13.0. The van der Waals surface area contributed by atoms with Crippen LogP contribution >= 0.6 is 0 Å². The van der Waals surface area contributed by atoms with Gasteiger partial charge in [-0.15, -0.1) is 0 Å². The Morgan fingerprint density at radius 2 is 1.81 bits per heavy atom. The summed E-state index contributed by atoms with van der Waals surface area (Å²) in [5, 5.41) is 7.52. The minimum absolute atomic E-state index is 0.00561. The molecule has 1 saturated heterocycles. The molecular formula is C24H34N6O2. The predicted molar refractivity (Wildman–Crippen MR) is 124 cm³/mol. The lowest BCUT2D eigenvalue weighted by Crippen LogP contribution is -2.53. The number of carbonyl (C=O) groups is 2. The number of aromatic nitrogens is 2. The Morgan fingerprint density at radius 3 is 2.53 bits per heavy atom. The Bertz CT molecular complexity index is 920. The number of aryl methyl sites for hydroxylation is 2. The fraction of sp³-hybridized carbons (Fsp3) is 0.542. The molecule has 0 spiro atoms. The average molecular weight is 439 g/mol. The second-order valence-corrected chi connectivity index (χ2v) is 8.70. The van der Waals surface area contributed by atoms with Crippen LogP contribution in [0.5, 0.6) is 0 Å². The maximum Gasteiger partial charge on any atom is 0.243 e. The molecule has 1 aromatic carbocycles. The number of fused-ring (bicyclic) bond motifs is 1. The molecule has 1 fully saturated rings. The molecule has 1 N–H and O–H groups in total. The third kappa shape index (κ3) is 5.19. The zero-order chi connectivity index (χ0) is 22.5. The summed E-state index contributed by atoms with van der Waals surface area (Å²) < 4.78 is 1.83. The third-order valence-corrected chi connectivity index (χ3v) is 6.38. The minimum Gasteiger partial charge on any atom is -0.353 e. The minimum atomic E-state index is -0.500. The summed E-state index contributed by atoms with van der Waals surface area (Å²) in [5.74, 6) is 0.639. The normalized spacial score (nSPS) is 18.4. The van der Waals surface area contributed by atoms with Gasteiger partial charge in [0.1, 0.15) is 11.9 Å². The van der Waals surface area contributed by atoms with Crippen molar-refractivity contribution in [1.29, 1.82) is 0 Å². The van der Waals surface area contributed by atoms with Crippen molar-refractivity contribution in [2.75, 3.05) is 44.2 Å². The Morgan fingerprint density at radius 1 is 1.09 bits per heavy atom.